The molecule has 1 aromatic heterocycles. The maximum Gasteiger partial charge on any atom is 0.320 e. The van der Waals surface area contributed by atoms with Crippen LogP contribution >= 0.6 is 0 Å². The lowest BCUT2D eigenvalue weighted by Crippen LogP contribution is -2.44. The maximum atomic E-state index is 12.3. The van der Waals surface area contributed by atoms with Crippen molar-refractivity contribution in [2.24, 2.45) is 11.3 Å². The highest BCUT2D eigenvalue weighted by Gasteiger charge is 2.49. The van der Waals surface area contributed by atoms with Gasteiger partial charge in [0, 0.05) is 38.3 Å². The molecule has 0 radical (unpaired) electrons. The van der Waals surface area contributed by atoms with Gasteiger partial charge in [0.2, 0.25) is 5.91 Å². The molecule has 6 nitrogen and oxygen atoms in total. The molecule has 2 saturated heterocycles. The molecule has 1 saturated carbocycles. The van der Waals surface area contributed by atoms with Crippen LogP contribution in [0.1, 0.15) is 37.8 Å². The number of likely N-dealkylation sites (tertiary alicyclic amines) is 2. The first kappa shape index (κ1) is 16.5. The summed E-state index contributed by atoms with van der Waals surface area (Å²) in [6.07, 6.45) is 6.33. The average Bonchev–Trinajstić information content (AvgIpc) is 3.40. The van der Waals surface area contributed by atoms with Gasteiger partial charge in [0.1, 0.15) is 6.04 Å². The van der Waals surface area contributed by atoms with Gasteiger partial charge in [-0.1, -0.05) is 6.07 Å². The maximum absolute atomic E-state index is 12.3. The smallest absolute Gasteiger partial charge is 0.320 e. The van der Waals surface area contributed by atoms with Crippen LogP contribution in [0, 0.1) is 11.3 Å². The summed E-state index contributed by atoms with van der Waals surface area (Å²) >= 11 is 0. The van der Waals surface area contributed by atoms with Crippen molar-refractivity contribution < 1.29 is 14.7 Å². The molecule has 2 aliphatic heterocycles. The normalized spacial score (nSPS) is 26.1. The molecule has 1 aliphatic carbocycles. The van der Waals surface area contributed by atoms with Gasteiger partial charge in [0.25, 0.3) is 0 Å². The van der Waals surface area contributed by atoms with Crippen LogP contribution in [0.5, 0.6) is 0 Å². The third kappa shape index (κ3) is 3.40. The minimum Gasteiger partial charge on any atom is -0.480 e. The number of nitrogens with zero attached hydrogens (tertiary/aromatic N) is 3. The minimum absolute atomic E-state index is 0.0260. The van der Waals surface area contributed by atoms with Gasteiger partial charge in [-0.2, -0.15) is 0 Å². The van der Waals surface area contributed by atoms with Crippen LogP contribution in [0.25, 0.3) is 0 Å². The number of aromatic nitrogens is 1. The molecule has 1 aromatic rings. The molecule has 3 heterocycles. The molecule has 6 heteroatoms. The number of aliphatic carboxylic acids is 1. The second-order valence-electron chi connectivity index (χ2n) is 7.88. The molecule has 1 unspecified atom stereocenters. The van der Waals surface area contributed by atoms with Gasteiger partial charge in [-0.05, 0) is 49.7 Å². The number of rotatable bonds is 4. The van der Waals surface area contributed by atoms with Crippen molar-refractivity contribution in [2.45, 2.75) is 44.7 Å². The number of hydrogen-bond donors (Lipinski definition) is 1. The molecule has 4 rings (SSSR count). The van der Waals surface area contributed by atoms with Gasteiger partial charge in [-0.25, -0.2) is 0 Å². The summed E-state index contributed by atoms with van der Waals surface area (Å²) in [7, 11) is 0. The fraction of sp³-hybridized carbons (Fsp3) is 0.632. The lowest BCUT2D eigenvalue weighted by molar-refractivity contribution is -0.142. The Morgan fingerprint density at radius 2 is 2.00 bits per heavy atom. The number of amides is 1. The van der Waals surface area contributed by atoms with E-state index in [0.29, 0.717) is 18.9 Å². The van der Waals surface area contributed by atoms with Crippen LogP contribution in [0.2, 0.25) is 0 Å². The number of carboxylic acid groups (broad SMARTS) is 1. The molecule has 3 aliphatic rings. The fourth-order valence-corrected chi connectivity index (χ4v) is 4.41. The molecule has 0 aromatic carbocycles. The molecule has 1 N–H and O–H groups in total. The molecular weight excluding hydrogens is 318 g/mol. The average molecular weight is 343 g/mol. The van der Waals surface area contributed by atoms with E-state index in [1.165, 1.54) is 0 Å². The van der Waals surface area contributed by atoms with Crippen LogP contribution in [-0.4, -0.2) is 57.4 Å². The summed E-state index contributed by atoms with van der Waals surface area (Å²) in [6.45, 7) is 2.91. The monoisotopic (exact) mass is 343 g/mol. The lowest BCUT2D eigenvalue weighted by Gasteiger charge is -2.39. The van der Waals surface area contributed by atoms with Gasteiger partial charge in [-0.15, -0.1) is 0 Å². The Labute approximate surface area is 147 Å². The first-order valence-electron chi connectivity index (χ1n) is 9.22. The summed E-state index contributed by atoms with van der Waals surface area (Å²) in [4.78, 5) is 32.4. The quantitative estimate of drug-likeness (QED) is 0.902. The Morgan fingerprint density at radius 1 is 1.24 bits per heavy atom. The predicted molar refractivity (Wildman–Crippen MR) is 91.7 cm³/mol. The number of hydrogen-bond acceptors (Lipinski definition) is 4. The minimum atomic E-state index is -0.746. The first-order chi connectivity index (χ1) is 12.1. The Kier molecular flexibility index (Phi) is 4.23. The van der Waals surface area contributed by atoms with Gasteiger partial charge in [0.15, 0.2) is 0 Å². The van der Waals surface area contributed by atoms with Crippen molar-refractivity contribution in [1.82, 2.24) is 14.8 Å². The summed E-state index contributed by atoms with van der Waals surface area (Å²) in [5.41, 5.74) is 0.935. The fourth-order valence-electron chi connectivity index (χ4n) is 4.41. The van der Waals surface area contributed by atoms with E-state index in [1.54, 1.807) is 6.20 Å². The summed E-state index contributed by atoms with van der Waals surface area (Å²) < 4.78 is 0. The van der Waals surface area contributed by atoms with Crippen molar-refractivity contribution in [3.05, 3.63) is 30.1 Å². The highest BCUT2D eigenvalue weighted by atomic mass is 16.4. The van der Waals surface area contributed by atoms with Crippen LogP contribution in [-0.2, 0) is 16.1 Å². The van der Waals surface area contributed by atoms with Crippen molar-refractivity contribution >= 4 is 11.9 Å². The van der Waals surface area contributed by atoms with Crippen molar-refractivity contribution in [3.8, 4) is 0 Å². The van der Waals surface area contributed by atoms with E-state index in [0.717, 1.165) is 51.0 Å². The number of carbonyl (C=O) groups is 2. The summed E-state index contributed by atoms with van der Waals surface area (Å²) in [6, 6.07) is 5.30. The molecule has 3 fully saturated rings. The van der Waals surface area contributed by atoms with E-state index in [1.807, 2.05) is 23.1 Å². The number of pyridine rings is 1. The van der Waals surface area contributed by atoms with Crippen molar-refractivity contribution in [3.63, 3.8) is 0 Å². The number of carbonyl (C=O) groups excluding carboxylic acids is 1. The zero-order valence-electron chi connectivity index (χ0n) is 14.4. The van der Waals surface area contributed by atoms with Crippen LogP contribution in [0.4, 0.5) is 0 Å². The Bertz CT molecular complexity index is 651. The van der Waals surface area contributed by atoms with Crippen LogP contribution in [0.3, 0.4) is 0 Å². The van der Waals surface area contributed by atoms with E-state index in [9.17, 15) is 14.7 Å². The van der Waals surface area contributed by atoms with E-state index < -0.39 is 12.0 Å². The molecule has 1 amide bonds. The van der Waals surface area contributed by atoms with Crippen molar-refractivity contribution in [2.75, 3.05) is 19.6 Å². The third-order valence-electron chi connectivity index (χ3n) is 6.04. The highest BCUT2D eigenvalue weighted by molar-refractivity contribution is 5.81. The zero-order valence-corrected chi connectivity index (χ0v) is 14.4. The SMILES string of the molecule is O=C(O)C1CC2(CCN(C(=O)C3CC3)CC2)CN1Cc1ccccn1. The molecule has 134 valence electrons. The molecule has 1 atom stereocenters. The topological polar surface area (TPSA) is 73.7 Å². The van der Waals surface area contributed by atoms with Crippen LogP contribution < -0.4 is 0 Å². The number of carboxylic acids is 1. The second-order valence-corrected chi connectivity index (χ2v) is 7.88. The van der Waals surface area contributed by atoms with Gasteiger partial charge < -0.3 is 10.0 Å². The van der Waals surface area contributed by atoms with Gasteiger partial charge in [-0.3, -0.25) is 19.5 Å². The van der Waals surface area contributed by atoms with Gasteiger partial charge in [0.05, 0.1) is 5.69 Å². The standard InChI is InChI=1S/C19H25N3O3/c23-17(14-4-5-14)21-9-6-19(7-10-21)11-16(18(24)25)22(13-19)12-15-3-1-2-8-20-15/h1-3,8,14,16H,4-7,9-13H2,(H,24,25). The van der Waals surface area contributed by atoms with E-state index in [4.69, 9.17) is 0 Å². The second kappa shape index (κ2) is 6.41. The third-order valence-corrected chi connectivity index (χ3v) is 6.04. The van der Waals surface area contributed by atoms with E-state index in [2.05, 4.69) is 9.88 Å². The Morgan fingerprint density at radius 3 is 2.60 bits per heavy atom. The lowest BCUT2D eigenvalue weighted by atomic mass is 9.76. The van der Waals surface area contributed by atoms with Gasteiger partial charge >= 0.3 is 5.97 Å². The largest absolute Gasteiger partial charge is 0.480 e. The molecular formula is C19H25N3O3. The molecule has 25 heavy (non-hydrogen) atoms. The first-order valence-corrected chi connectivity index (χ1v) is 9.22. The van der Waals surface area contributed by atoms with Crippen molar-refractivity contribution in [1.29, 1.82) is 0 Å². The van der Waals surface area contributed by atoms with Crippen LogP contribution in [0.15, 0.2) is 24.4 Å². The Balaban J connectivity index is 1.43. The summed E-state index contributed by atoms with van der Waals surface area (Å²) in [5.74, 6) is -0.165. The Hall–Kier alpha value is -1.95. The summed E-state index contributed by atoms with van der Waals surface area (Å²) in [5, 5.41) is 9.67. The van der Waals surface area contributed by atoms with E-state index in [-0.39, 0.29) is 11.3 Å². The zero-order chi connectivity index (χ0) is 17.4. The molecule has 1 spiro atoms. The highest BCUT2D eigenvalue weighted by Crippen LogP contribution is 2.44. The number of piperidine rings is 1. The predicted octanol–water partition coefficient (Wildman–Crippen LogP) is 1.76. The molecule has 0 bridgehead atoms. The van der Waals surface area contributed by atoms with E-state index >= 15 is 0 Å².